The summed E-state index contributed by atoms with van der Waals surface area (Å²) in [7, 11) is 0. The van der Waals surface area contributed by atoms with E-state index in [-0.39, 0.29) is 5.91 Å². The fourth-order valence-electron chi connectivity index (χ4n) is 3.12. The van der Waals surface area contributed by atoms with Gasteiger partial charge in [0.05, 0.1) is 24.0 Å². The predicted molar refractivity (Wildman–Crippen MR) is 113 cm³/mol. The number of nitrogens with zero attached hydrogens (tertiary/aromatic N) is 3. The van der Waals surface area contributed by atoms with Crippen LogP contribution in [0, 0.1) is 0 Å². The normalized spacial score (nSPS) is 10.6. The molecule has 0 spiro atoms. The second kappa shape index (κ2) is 8.97. The maximum absolute atomic E-state index is 12.3. The van der Waals surface area contributed by atoms with Gasteiger partial charge in [0, 0.05) is 24.5 Å². The van der Waals surface area contributed by atoms with Crippen LogP contribution in [0.25, 0.3) is 11.3 Å². The molecule has 0 saturated heterocycles. The SMILES string of the molecule is O=C(NCCc1ccccc1)c1ccc(-c2cnn(Cc3ccccc3)c2)nc1. The zero-order chi connectivity index (χ0) is 19.9. The van der Waals surface area contributed by atoms with Gasteiger partial charge >= 0.3 is 0 Å². The molecule has 0 aliphatic heterocycles. The van der Waals surface area contributed by atoms with Gasteiger partial charge in [-0.25, -0.2) is 0 Å². The van der Waals surface area contributed by atoms with Gasteiger partial charge in [-0.05, 0) is 29.7 Å². The molecule has 2 aromatic carbocycles. The van der Waals surface area contributed by atoms with Crippen LogP contribution in [0.3, 0.4) is 0 Å². The zero-order valence-corrected chi connectivity index (χ0v) is 16.0. The van der Waals surface area contributed by atoms with Crippen LogP contribution >= 0.6 is 0 Å². The van der Waals surface area contributed by atoms with Crippen molar-refractivity contribution >= 4 is 5.91 Å². The maximum Gasteiger partial charge on any atom is 0.252 e. The molecule has 2 aromatic heterocycles. The van der Waals surface area contributed by atoms with E-state index in [2.05, 4.69) is 39.7 Å². The second-order valence-corrected chi connectivity index (χ2v) is 6.84. The molecule has 1 N–H and O–H groups in total. The summed E-state index contributed by atoms with van der Waals surface area (Å²) in [6.45, 7) is 1.31. The number of nitrogens with one attached hydrogen (secondary N) is 1. The number of hydrogen-bond acceptors (Lipinski definition) is 3. The average Bonchev–Trinajstić information content (AvgIpc) is 3.24. The number of rotatable bonds is 7. The van der Waals surface area contributed by atoms with Crippen molar-refractivity contribution in [1.82, 2.24) is 20.1 Å². The van der Waals surface area contributed by atoms with E-state index in [1.807, 2.05) is 53.3 Å². The van der Waals surface area contributed by atoms with Crippen LogP contribution in [0.15, 0.2) is 91.4 Å². The molecule has 0 atom stereocenters. The number of carbonyl (C=O) groups is 1. The molecule has 144 valence electrons. The van der Waals surface area contributed by atoms with Crippen LogP contribution in [-0.4, -0.2) is 27.2 Å². The van der Waals surface area contributed by atoms with E-state index in [0.717, 1.165) is 17.7 Å². The van der Waals surface area contributed by atoms with Gasteiger partial charge in [-0.15, -0.1) is 0 Å². The molecular formula is C24H22N4O. The number of pyridine rings is 1. The van der Waals surface area contributed by atoms with Gasteiger partial charge in [-0.2, -0.15) is 5.10 Å². The van der Waals surface area contributed by atoms with Crippen LogP contribution in [0.5, 0.6) is 0 Å². The van der Waals surface area contributed by atoms with E-state index in [1.54, 1.807) is 18.5 Å². The largest absolute Gasteiger partial charge is 0.352 e. The predicted octanol–water partition coefficient (Wildman–Crippen LogP) is 3.97. The Hall–Kier alpha value is -3.73. The third-order valence-electron chi connectivity index (χ3n) is 4.68. The van der Waals surface area contributed by atoms with Crippen molar-refractivity contribution in [2.45, 2.75) is 13.0 Å². The van der Waals surface area contributed by atoms with Gasteiger partial charge < -0.3 is 5.32 Å². The van der Waals surface area contributed by atoms with Crippen LogP contribution < -0.4 is 5.32 Å². The highest BCUT2D eigenvalue weighted by atomic mass is 16.1. The Labute approximate surface area is 170 Å². The summed E-state index contributed by atoms with van der Waals surface area (Å²) in [5.41, 5.74) is 4.67. The van der Waals surface area contributed by atoms with Crippen molar-refractivity contribution in [3.05, 3.63) is 108 Å². The molecule has 0 radical (unpaired) electrons. The van der Waals surface area contributed by atoms with Crippen molar-refractivity contribution in [3.63, 3.8) is 0 Å². The molecule has 29 heavy (non-hydrogen) atoms. The van der Waals surface area contributed by atoms with E-state index in [4.69, 9.17) is 0 Å². The molecule has 0 bridgehead atoms. The summed E-state index contributed by atoms with van der Waals surface area (Å²) >= 11 is 0. The molecule has 0 aliphatic rings. The minimum Gasteiger partial charge on any atom is -0.352 e. The van der Waals surface area contributed by atoms with Crippen LogP contribution in [-0.2, 0) is 13.0 Å². The Morgan fingerprint density at radius 1 is 0.862 bits per heavy atom. The summed E-state index contributed by atoms with van der Waals surface area (Å²) in [4.78, 5) is 16.8. The highest BCUT2D eigenvalue weighted by Gasteiger charge is 2.08. The molecule has 0 aliphatic carbocycles. The first-order valence-electron chi connectivity index (χ1n) is 9.63. The monoisotopic (exact) mass is 382 g/mol. The molecule has 4 aromatic rings. The molecule has 0 unspecified atom stereocenters. The van der Waals surface area contributed by atoms with E-state index in [1.165, 1.54) is 11.1 Å². The molecule has 0 saturated carbocycles. The summed E-state index contributed by atoms with van der Waals surface area (Å²) in [6.07, 6.45) is 6.18. The Morgan fingerprint density at radius 2 is 1.59 bits per heavy atom. The maximum atomic E-state index is 12.3. The molecule has 1 amide bonds. The number of aromatic nitrogens is 3. The van der Waals surface area contributed by atoms with Crippen molar-refractivity contribution in [2.24, 2.45) is 0 Å². The molecular weight excluding hydrogens is 360 g/mol. The van der Waals surface area contributed by atoms with Crippen LogP contribution in [0.4, 0.5) is 0 Å². The van der Waals surface area contributed by atoms with Crippen molar-refractivity contribution in [3.8, 4) is 11.3 Å². The lowest BCUT2D eigenvalue weighted by Crippen LogP contribution is -2.25. The number of carbonyl (C=O) groups excluding carboxylic acids is 1. The lowest BCUT2D eigenvalue weighted by molar-refractivity contribution is 0.0954. The van der Waals surface area contributed by atoms with Crippen LogP contribution in [0.2, 0.25) is 0 Å². The fraction of sp³-hybridized carbons (Fsp3) is 0.125. The first-order valence-corrected chi connectivity index (χ1v) is 9.63. The lowest BCUT2D eigenvalue weighted by atomic mass is 10.1. The number of hydrogen-bond donors (Lipinski definition) is 1. The summed E-state index contributed by atoms with van der Waals surface area (Å²) in [5, 5.41) is 7.35. The Kier molecular flexibility index (Phi) is 5.76. The Morgan fingerprint density at radius 3 is 2.28 bits per heavy atom. The molecule has 0 fully saturated rings. The van der Waals surface area contributed by atoms with E-state index in [0.29, 0.717) is 18.7 Å². The van der Waals surface area contributed by atoms with Gasteiger partial charge in [0.1, 0.15) is 0 Å². The Balaban J connectivity index is 1.34. The Bertz CT molecular complexity index is 1060. The average molecular weight is 382 g/mol. The highest BCUT2D eigenvalue weighted by Crippen LogP contribution is 2.17. The van der Waals surface area contributed by atoms with E-state index in [9.17, 15) is 4.79 Å². The molecule has 2 heterocycles. The third-order valence-corrected chi connectivity index (χ3v) is 4.68. The van der Waals surface area contributed by atoms with Gasteiger partial charge in [-0.1, -0.05) is 60.7 Å². The third kappa shape index (κ3) is 4.96. The molecule has 4 rings (SSSR count). The van der Waals surface area contributed by atoms with E-state index >= 15 is 0 Å². The van der Waals surface area contributed by atoms with Crippen molar-refractivity contribution < 1.29 is 4.79 Å². The topological polar surface area (TPSA) is 59.8 Å². The minimum absolute atomic E-state index is 0.111. The summed E-state index contributed by atoms with van der Waals surface area (Å²) in [6, 6.07) is 23.9. The van der Waals surface area contributed by atoms with Crippen molar-refractivity contribution in [1.29, 1.82) is 0 Å². The highest BCUT2D eigenvalue weighted by molar-refractivity contribution is 5.94. The molecule has 5 nitrogen and oxygen atoms in total. The van der Waals surface area contributed by atoms with Gasteiger partial charge in [0.25, 0.3) is 5.91 Å². The smallest absolute Gasteiger partial charge is 0.252 e. The summed E-state index contributed by atoms with van der Waals surface area (Å²) < 4.78 is 1.89. The van der Waals surface area contributed by atoms with Crippen molar-refractivity contribution in [2.75, 3.05) is 6.54 Å². The second-order valence-electron chi connectivity index (χ2n) is 6.84. The first-order chi connectivity index (χ1) is 14.3. The molecule has 5 heteroatoms. The minimum atomic E-state index is -0.111. The standard InChI is InChI=1S/C24H22N4O/c29-24(25-14-13-19-7-3-1-4-8-19)21-11-12-23(26-15-21)22-16-27-28(18-22)17-20-9-5-2-6-10-20/h1-12,15-16,18H,13-14,17H2,(H,25,29). The van der Waals surface area contributed by atoms with Gasteiger partial charge in [0.15, 0.2) is 0 Å². The number of amides is 1. The van der Waals surface area contributed by atoms with E-state index < -0.39 is 0 Å². The quantitative estimate of drug-likeness (QED) is 0.526. The number of benzene rings is 2. The summed E-state index contributed by atoms with van der Waals surface area (Å²) in [5.74, 6) is -0.111. The van der Waals surface area contributed by atoms with Gasteiger partial charge in [0.2, 0.25) is 0 Å². The van der Waals surface area contributed by atoms with Gasteiger partial charge in [-0.3, -0.25) is 14.5 Å². The first kappa shape index (κ1) is 18.6. The van der Waals surface area contributed by atoms with Crippen LogP contribution in [0.1, 0.15) is 21.5 Å². The lowest BCUT2D eigenvalue weighted by Gasteiger charge is -2.06. The zero-order valence-electron chi connectivity index (χ0n) is 16.0. The fourth-order valence-corrected chi connectivity index (χ4v) is 3.12.